The van der Waals surface area contributed by atoms with Crippen molar-refractivity contribution in [2.24, 2.45) is 0 Å². The van der Waals surface area contributed by atoms with Crippen LogP contribution in [0, 0.1) is 0 Å². The number of rotatable bonds is 45. The summed E-state index contributed by atoms with van der Waals surface area (Å²) in [5.41, 5.74) is 0. The van der Waals surface area contributed by atoms with Crippen LogP contribution in [0.4, 0.5) is 0 Å². The van der Waals surface area contributed by atoms with Crippen LogP contribution in [-0.4, -0.2) is 89.6 Å². The lowest BCUT2D eigenvalue weighted by Gasteiger charge is -2.39. The Morgan fingerprint density at radius 1 is 0.508 bits per heavy atom. The molecule has 1 heterocycles. The van der Waals surface area contributed by atoms with Crippen molar-refractivity contribution in [3.63, 3.8) is 0 Å². The standard InChI is InChI=1S/C54H98O9/c1-3-5-7-9-11-13-15-17-19-21-23-24-25-27-29-31-33-35-37-39-41-43-50(56)62-48(47-61-54-53(59)52(58)51(57)49(45-55)63-54)46-60-44-42-40-38-36-34-32-30-28-26-22-20-18-16-14-12-10-8-6-4-2/h15,17,20-23,25,27,48-49,51-55,57-59H,3-14,16,18-19,24,26,28-47H2,1-2H3/b17-15-,22-20-,23-21-,27-25-. The Labute approximate surface area is 386 Å². The second kappa shape index (κ2) is 45.3. The SMILES string of the molecule is CCCCCCC/C=C\C/C=C\C/C=C\CCCCCCCCC(=O)OC(COCCCCCCCCCC/C=C\CCCCCCCCC)COC1OC(CO)C(O)C(O)C1O. The maximum absolute atomic E-state index is 12.8. The van der Waals surface area contributed by atoms with Crippen molar-refractivity contribution in [1.82, 2.24) is 0 Å². The molecule has 0 aliphatic carbocycles. The Hall–Kier alpha value is -1.85. The summed E-state index contributed by atoms with van der Waals surface area (Å²) >= 11 is 0. The molecular formula is C54H98O9. The first kappa shape index (κ1) is 59.2. The van der Waals surface area contributed by atoms with Gasteiger partial charge in [-0.05, 0) is 77.0 Å². The fraction of sp³-hybridized carbons (Fsp3) is 0.833. The summed E-state index contributed by atoms with van der Waals surface area (Å²) in [6.07, 6.45) is 50.0. The molecule has 9 heteroatoms. The number of aliphatic hydroxyl groups excluding tert-OH is 4. The summed E-state index contributed by atoms with van der Waals surface area (Å²) in [7, 11) is 0. The van der Waals surface area contributed by atoms with Crippen molar-refractivity contribution in [3.8, 4) is 0 Å². The Morgan fingerprint density at radius 3 is 1.40 bits per heavy atom. The summed E-state index contributed by atoms with van der Waals surface area (Å²) < 4.78 is 22.9. The van der Waals surface area contributed by atoms with E-state index < -0.39 is 43.4 Å². The lowest BCUT2D eigenvalue weighted by atomic mass is 9.99. The van der Waals surface area contributed by atoms with E-state index >= 15 is 0 Å². The topological polar surface area (TPSA) is 135 Å². The van der Waals surface area contributed by atoms with Gasteiger partial charge in [0, 0.05) is 13.0 Å². The molecule has 1 fully saturated rings. The Morgan fingerprint density at radius 2 is 0.921 bits per heavy atom. The third-order valence-electron chi connectivity index (χ3n) is 12.0. The van der Waals surface area contributed by atoms with Crippen molar-refractivity contribution >= 4 is 5.97 Å². The molecule has 0 aromatic carbocycles. The van der Waals surface area contributed by atoms with E-state index in [1.807, 2.05) is 0 Å². The zero-order chi connectivity index (χ0) is 45.7. The number of carbonyl (C=O) groups excluding carboxylic acids is 1. The van der Waals surface area contributed by atoms with Crippen molar-refractivity contribution in [2.45, 2.75) is 263 Å². The Bertz CT molecular complexity index is 1100. The number of esters is 1. The van der Waals surface area contributed by atoms with Crippen LogP contribution < -0.4 is 0 Å². The lowest BCUT2D eigenvalue weighted by molar-refractivity contribution is -0.305. The van der Waals surface area contributed by atoms with Gasteiger partial charge < -0.3 is 39.4 Å². The molecule has 0 aromatic heterocycles. The molecule has 0 aromatic rings. The molecule has 0 bridgehead atoms. The highest BCUT2D eigenvalue weighted by Crippen LogP contribution is 2.23. The number of aliphatic hydroxyl groups is 4. The van der Waals surface area contributed by atoms with E-state index in [1.165, 1.54) is 148 Å². The summed E-state index contributed by atoms with van der Waals surface area (Å²) in [5, 5.41) is 40.3. The van der Waals surface area contributed by atoms with E-state index in [4.69, 9.17) is 18.9 Å². The van der Waals surface area contributed by atoms with E-state index in [0.29, 0.717) is 13.0 Å². The molecule has 1 saturated heterocycles. The van der Waals surface area contributed by atoms with E-state index in [0.717, 1.165) is 57.8 Å². The minimum Gasteiger partial charge on any atom is -0.457 e. The predicted octanol–water partition coefficient (Wildman–Crippen LogP) is 12.9. The number of ether oxygens (including phenoxy) is 4. The largest absolute Gasteiger partial charge is 0.457 e. The van der Waals surface area contributed by atoms with Gasteiger partial charge in [-0.25, -0.2) is 0 Å². The molecule has 4 N–H and O–H groups in total. The minimum absolute atomic E-state index is 0.120. The molecular weight excluding hydrogens is 793 g/mol. The zero-order valence-corrected chi connectivity index (χ0v) is 40.6. The highest BCUT2D eigenvalue weighted by atomic mass is 16.7. The summed E-state index contributed by atoms with van der Waals surface area (Å²) in [4.78, 5) is 12.8. The molecule has 6 unspecified atom stereocenters. The fourth-order valence-corrected chi connectivity index (χ4v) is 7.85. The van der Waals surface area contributed by atoms with E-state index in [2.05, 4.69) is 62.5 Å². The highest BCUT2D eigenvalue weighted by Gasteiger charge is 2.44. The van der Waals surface area contributed by atoms with Gasteiger partial charge >= 0.3 is 5.97 Å². The van der Waals surface area contributed by atoms with Crippen molar-refractivity contribution in [3.05, 3.63) is 48.6 Å². The predicted molar refractivity (Wildman–Crippen MR) is 261 cm³/mol. The van der Waals surface area contributed by atoms with Gasteiger partial charge in [0.2, 0.25) is 0 Å². The van der Waals surface area contributed by atoms with E-state index in [1.54, 1.807) is 0 Å². The maximum atomic E-state index is 12.8. The van der Waals surface area contributed by atoms with Crippen LogP contribution >= 0.6 is 0 Å². The molecule has 1 aliphatic rings. The van der Waals surface area contributed by atoms with Crippen LogP contribution in [0.5, 0.6) is 0 Å². The van der Waals surface area contributed by atoms with Gasteiger partial charge in [0.25, 0.3) is 0 Å². The Balaban J connectivity index is 2.22. The smallest absolute Gasteiger partial charge is 0.306 e. The van der Waals surface area contributed by atoms with Crippen molar-refractivity contribution < 1.29 is 44.2 Å². The average Bonchev–Trinajstić information content (AvgIpc) is 3.28. The van der Waals surface area contributed by atoms with Crippen molar-refractivity contribution in [1.29, 1.82) is 0 Å². The average molecular weight is 891 g/mol. The molecule has 9 nitrogen and oxygen atoms in total. The van der Waals surface area contributed by atoms with Gasteiger partial charge in [0.15, 0.2) is 6.29 Å². The van der Waals surface area contributed by atoms with Gasteiger partial charge in [0.1, 0.15) is 30.5 Å². The quantitative estimate of drug-likeness (QED) is 0.0268. The summed E-state index contributed by atoms with van der Waals surface area (Å²) in [5.74, 6) is -0.325. The van der Waals surface area contributed by atoms with Crippen LogP contribution in [0.2, 0.25) is 0 Å². The van der Waals surface area contributed by atoms with Gasteiger partial charge in [-0.2, -0.15) is 0 Å². The first-order chi connectivity index (χ1) is 30.9. The molecule has 0 amide bonds. The van der Waals surface area contributed by atoms with E-state index in [-0.39, 0.29) is 19.2 Å². The third-order valence-corrected chi connectivity index (χ3v) is 12.0. The highest BCUT2D eigenvalue weighted by molar-refractivity contribution is 5.69. The van der Waals surface area contributed by atoms with Crippen LogP contribution in [0.25, 0.3) is 0 Å². The monoisotopic (exact) mass is 891 g/mol. The molecule has 63 heavy (non-hydrogen) atoms. The summed E-state index contributed by atoms with van der Waals surface area (Å²) in [6, 6.07) is 0. The number of hydrogen-bond acceptors (Lipinski definition) is 9. The van der Waals surface area contributed by atoms with Gasteiger partial charge in [0.05, 0.1) is 19.8 Å². The fourth-order valence-electron chi connectivity index (χ4n) is 7.85. The molecule has 0 spiro atoms. The molecule has 0 radical (unpaired) electrons. The number of carbonyl (C=O) groups is 1. The maximum Gasteiger partial charge on any atom is 0.306 e. The van der Waals surface area contributed by atoms with Crippen LogP contribution in [0.15, 0.2) is 48.6 Å². The van der Waals surface area contributed by atoms with Crippen molar-refractivity contribution in [2.75, 3.05) is 26.4 Å². The number of allylic oxidation sites excluding steroid dienone is 8. The first-order valence-corrected chi connectivity index (χ1v) is 26.2. The number of unbranched alkanes of at least 4 members (excludes halogenated alkanes) is 26. The van der Waals surface area contributed by atoms with E-state index in [9.17, 15) is 25.2 Å². The Kier molecular flexibility index (Phi) is 42.6. The zero-order valence-electron chi connectivity index (χ0n) is 40.6. The first-order valence-electron chi connectivity index (χ1n) is 26.2. The molecule has 1 rings (SSSR count). The normalized spacial score (nSPS) is 20.0. The number of hydrogen-bond donors (Lipinski definition) is 4. The molecule has 1 aliphatic heterocycles. The van der Waals surface area contributed by atoms with Gasteiger partial charge in [-0.15, -0.1) is 0 Å². The van der Waals surface area contributed by atoms with Gasteiger partial charge in [-0.3, -0.25) is 4.79 Å². The van der Waals surface area contributed by atoms with Crippen LogP contribution in [0.1, 0.15) is 226 Å². The minimum atomic E-state index is -1.54. The lowest BCUT2D eigenvalue weighted by Crippen LogP contribution is -2.59. The van der Waals surface area contributed by atoms with Crippen LogP contribution in [0.3, 0.4) is 0 Å². The second-order valence-corrected chi connectivity index (χ2v) is 18.0. The van der Waals surface area contributed by atoms with Crippen LogP contribution in [-0.2, 0) is 23.7 Å². The molecule has 368 valence electrons. The summed E-state index contributed by atoms with van der Waals surface area (Å²) in [6.45, 7) is 4.54. The molecule has 0 saturated carbocycles. The third kappa shape index (κ3) is 36.0. The van der Waals surface area contributed by atoms with Gasteiger partial charge in [-0.1, -0.05) is 191 Å². The molecule has 6 atom stereocenters. The second-order valence-electron chi connectivity index (χ2n) is 18.0.